The molecular formula is C20H25NO2. The van der Waals surface area contributed by atoms with E-state index < -0.39 is 0 Å². The van der Waals surface area contributed by atoms with Crippen LogP contribution in [0.5, 0.6) is 5.75 Å². The molecule has 1 heterocycles. The Balaban J connectivity index is 1.73. The lowest BCUT2D eigenvalue weighted by atomic mass is 10.0. The van der Waals surface area contributed by atoms with Crippen molar-refractivity contribution in [3.63, 3.8) is 0 Å². The van der Waals surface area contributed by atoms with Gasteiger partial charge in [0.2, 0.25) is 0 Å². The third-order valence-corrected chi connectivity index (χ3v) is 4.14. The molecule has 1 fully saturated rings. The van der Waals surface area contributed by atoms with Crippen molar-refractivity contribution in [2.45, 2.75) is 32.5 Å². The normalized spacial score (nSPS) is 17.9. The van der Waals surface area contributed by atoms with Crippen LogP contribution >= 0.6 is 0 Å². The van der Waals surface area contributed by atoms with Gasteiger partial charge in [-0.05, 0) is 35.2 Å². The van der Waals surface area contributed by atoms with Crippen LogP contribution in [0.15, 0.2) is 48.5 Å². The van der Waals surface area contributed by atoms with Crippen LogP contribution in [0, 0.1) is 0 Å². The Morgan fingerprint density at radius 1 is 1.17 bits per heavy atom. The number of aryl methyl sites for hydroxylation is 1. The Hall–Kier alpha value is -1.84. The zero-order valence-corrected chi connectivity index (χ0v) is 13.8. The molecule has 122 valence electrons. The number of hydrogen-bond acceptors (Lipinski definition) is 3. The van der Waals surface area contributed by atoms with Gasteiger partial charge in [-0.1, -0.05) is 49.7 Å². The summed E-state index contributed by atoms with van der Waals surface area (Å²) >= 11 is 0. The largest absolute Gasteiger partial charge is 0.489 e. The lowest BCUT2D eigenvalue weighted by molar-refractivity contribution is 0.0276. The van der Waals surface area contributed by atoms with Crippen LogP contribution in [0.2, 0.25) is 0 Å². The van der Waals surface area contributed by atoms with Crippen molar-refractivity contribution in [3.05, 3.63) is 65.2 Å². The minimum atomic E-state index is 0.155. The standard InChI is InChI=1S/C20H25NO2/c1-2-6-17-13-18(20-14-21-11-12-22-20)9-10-19(17)23-15-16-7-4-3-5-8-16/h3-5,7-10,13,20-21H,2,6,11-12,14-15H2,1H3. The number of ether oxygens (including phenoxy) is 2. The van der Waals surface area contributed by atoms with Gasteiger partial charge in [0.25, 0.3) is 0 Å². The molecule has 1 aliphatic rings. The number of rotatable bonds is 6. The van der Waals surface area contributed by atoms with Crippen LogP contribution in [0.25, 0.3) is 0 Å². The highest BCUT2D eigenvalue weighted by atomic mass is 16.5. The van der Waals surface area contributed by atoms with E-state index >= 15 is 0 Å². The maximum atomic E-state index is 6.06. The lowest BCUT2D eigenvalue weighted by Gasteiger charge is -2.25. The Bertz CT molecular complexity index is 606. The monoisotopic (exact) mass is 311 g/mol. The van der Waals surface area contributed by atoms with E-state index in [1.54, 1.807) is 0 Å². The summed E-state index contributed by atoms with van der Waals surface area (Å²) in [6.07, 6.45) is 2.29. The first-order valence-corrected chi connectivity index (χ1v) is 8.48. The van der Waals surface area contributed by atoms with Crippen LogP contribution in [0.4, 0.5) is 0 Å². The van der Waals surface area contributed by atoms with E-state index in [2.05, 4.69) is 42.6 Å². The van der Waals surface area contributed by atoms with Gasteiger partial charge < -0.3 is 14.8 Å². The maximum absolute atomic E-state index is 6.06. The highest BCUT2D eigenvalue weighted by Crippen LogP contribution is 2.27. The third kappa shape index (κ3) is 4.34. The van der Waals surface area contributed by atoms with Crippen LogP contribution in [0.1, 0.15) is 36.1 Å². The topological polar surface area (TPSA) is 30.5 Å². The number of hydrogen-bond donors (Lipinski definition) is 1. The zero-order valence-electron chi connectivity index (χ0n) is 13.8. The molecule has 2 aromatic rings. The summed E-state index contributed by atoms with van der Waals surface area (Å²) in [5.74, 6) is 0.989. The second-order valence-electron chi connectivity index (χ2n) is 5.95. The summed E-state index contributed by atoms with van der Waals surface area (Å²) < 4.78 is 11.9. The van der Waals surface area contributed by atoms with Gasteiger partial charge in [0.15, 0.2) is 0 Å². The summed E-state index contributed by atoms with van der Waals surface area (Å²) in [6, 6.07) is 16.8. The minimum absolute atomic E-state index is 0.155. The summed E-state index contributed by atoms with van der Waals surface area (Å²) in [4.78, 5) is 0. The van der Waals surface area contributed by atoms with Crippen molar-refractivity contribution < 1.29 is 9.47 Å². The first-order valence-electron chi connectivity index (χ1n) is 8.48. The van der Waals surface area contributed by atoms with E-state index in [1.807, 2.05) is 18.2 Å². The van der Waals surface area contributed by atoms with E-state index in [0.717, 1.165) is 38.3 Å². The van der Waals surface area contributed by atoms with Crippen molar-refractivity contribution >= 4 is 0 Å². The summed E-state index contributed by atoms with van der Waals surface area (Å²) in [5.41, 5.74) is 3.71. The molecule has 1 N–H and O–H groups in total. The summed E-state index contributed by atoms with van der Waals surface area (Å²) in [5, 5.41) is 3.39. The van der Waals surface area contributed by atoms with Crippen LogP contribution < -0.4 is 10.1 Å². The minimum Gasteiger partial charge on any atom is -0.489 e. The van der Waals surface area contributed by atoms with Gasteiger partial charge in [-0.25, -0.2) is 0 Å². The first kappa shape index (κ1) is 16.0. The Kier molecular flexibility index (Phi) is 5.67. The Labute approximate surface area is 138 Å². The number of nitrogens with one attached hydrogen (secondary N) is 1. The van der Waals surface area contributed by atoms with Crippen molar-refractivity contribution in [1.29, 1.82) is 0 Å². The van der Waals surface area contributed by atoms with E-state index in [9.17, 15) is 0 Å². The second kappa shape index (κ2) is 8.14. The molecule has 23 heavy (non-hydrogen) atoms. The average molecular weight is 311 g/mol. The average Bonchev–Trinajstić information content (AvgIpc) is 2.62. The molecule has 3 heteroatoms. The van der Waals surface area contributed by atoms with E-state index in [4.69, 9.17) is 9.47 Å². The fraction of sp³-hybridized carbons (Fsp3) is 0.400. The van der Waals surface area contributed by atoms with E-state index in [-0.39, 0.29) is 6.10 Å². The predicted octanol–water partition coefficient (Wildman–Crippen LogP) is 3.88. The van der Waals surface area contributed by atoms with E-state index in [0.29, 0.717) is 6.61 Å². The van der Waals surface area contributed by atoms with Gasteiger partial charge in [-0.2, -0.15) is 0 Å². The molecule has 1 aliphatic heterocycles. The Morgan fingerprint density at radius 2 is 2.04 bits per heavy atom. The van der Waals surface area contributed by atoms with Crippen LogP contribution in [-0.4, -0.2) is 19.7 Å². The van der Waals surface area contributed by atoms with Gasteiger partial charge in [0.1, 0.15) is 12.4 Å². The van der Waals surface area contributed by atoms with Crippen molar-refractivity contribution in [3.8, 4) is 5.75 Å². The highest BCUT2D eigenvalue weighted by molar-refractivity contribution is 5.39. The van der Waals surface area contributed by atoms with Crippen LogP contribution in [-0.2, 0) is 17.8 Å². The molecule has 0 aliphatic carbocycles. The molecule has 0 spiro atoms. The molecule has 3 rings (SSSR count). The second-order valence-corrected chi connectivity index (χ2v) is 5.95. The van der Waals surface area contributed by atoms with Crippen molar-refractivity contribution in [2.24, 2.45) is 0 Å². The van der Waals surface area contributed by atoms with Gasteiger partial charge in [-0.3, -0.25) is 0 Å². The number of benzene rings is 2. The molecule has 1 atom stereocenters. The highest BCUT2D eigenvalue weighted by Gasteiger charge is 2.17. The van der Waals surface area contributed by atoms with E-state index in [1.165, 1.54) is 16.7 Å². The molecule has 0 radical (unpaired) electrons. The molecule has 3 nitrogen and oxygen atoms in total. The summed E-state index contributed by atoms with van der Waals surface area (Å²) in [7, 11) is 0. The molecule has 1 unspecified atom stereocenters. The smallest absolute Gasteiger partial charge is 0.123 e. The van der Waals surface area contributed by atoms with Crippen molar-refractivity contribution in [2.75, 3.05) is 19.7 Å². The maximum Gasteiger partial charge on any atom is 0.123 e. The van der Waals surface area contributed by atoms with Gasteiger partial charge in [0.05, 0.1) is 12.7 Å². The third-order valence-electron chi connectivity index (χ3n) is 4.14. The SMILES string of the molecule is CCCc1cc(C2CNCCO2)ccc1OCc1ccccc1. The molecule has 1 saturated heterocycles. The predicted molar refractivity (Wildman–Crippen MR) is 92.8 cm³/mol. The summed E-state index contributed by atoms with van der Waals surface area (Å²) in [6.45, 7) is 5.41. The zero-order chi connectivity index (χ0) is 15.9. The van der Waals surface area contributed by atoms with Gasteiger partial charge >= 0.3 is 0 Å². The quantitative estimate of drug-likeness (QED) is 0.878. The molecule has 0 amide bonds. The fourth-order valence-electron chi connectivity index (χ4n) is 2.92. The number of morpholine rings is 1. The van der Waals surface area contributed by atoms with Gasteiger partial charge in [-0.15, -0.1) is 0 Å². The first-order chi connectivity index (χ1) is 11.4. The Morgan fingerprint density at radius 3 is 2.78 bits per heavy atom. The molecular weight excluding hydrogens is 286 g/mol. The molecule has 2 aromatic carbocycles. The molecule has 0 saturated carbocycles. The fourth-order valence-corrected chi connectivity index (χ4v) is 2.92. The molecule has 0 bridgehead atoms. The lowest BCUT2D eigenvalue weighted by Crippen LogP contribution is -2.33. The van der Waals surface area contributed by atoms with Crippen LogP contribution in [0.3, 0.4) is 0 Å². The molecule has 0 aromatic heterocycles. The van der Waals surface area contributed by atoms with Crippen molar-refractivity contribution in [1.82, 2.24) is 5.32 Å². The van der Waals surface area contributed by atoms with Gasteiger partial charge in [0, 0.05) is 13.1 Å².